The van der Waals surface area contributed by atoms with E-state index in [2.05, 4.69) is 14.4 Å². The lowest BCUT2D eigenvalue weighted by molar-refractivity contribution is 0.512. The van der Waals surface area contributed by atoms with E-state index in [4.69, 9.17) is 5.53 Å². The molecule has 0 bridgehead atoms. The fourth-order valence-corrected chi connectivity index (χ4v) is 0.482. The van der Waals surface area contributed by atoms with E-state index in [-0.39, 0.29) is 5.69 Å². The van der Waals surface area contributed by atoms with Gasteiger partial charge >= 0.3 is 5.63 Å². The third kappa shape index (κ3) is 1.15. The highest BCUT2D eigenvalue weighted by Gasteiger charge is 1.92. The van der Waals surface area contributed by atoms with Crippen molar-refractivity contribution in [3.05, 3.63) is 39.3 Å². The normalized spacial score (nSPS) is 8.40. The summed E-state index contributed by atoms with van der Waals surface area (Å²) in [4.78, 5) is 13.0. The van der Waals surface area contributed by atoms with Crippen LogP contribution in [-0.2, 0) is 0 Å². The Labute approximate surface area is 55.5 Å². The summed E-state index contributed by atoms with van der Waals surface area (Å²) in [5.74, 6) is 0. The molecule has 1 rings (SSSR count). The molecular formula is C5H3N3O2. The van der Waals surface area contributed by atoms with Crippen LogP contribution in [0.3, 0.4) is 0 Å². The van der Waals surface area contributed by atoms with Gasteiger partial charge in [0.2, 0.25) is 0 Å². The first-order valence-electron chi connectivity index (χ1n) is 2.47. The third-order valence-corrected chi connectivity index (χ3v) is 0.869. The SMILES string of the molecule is [N-]=[N+]=Nc1cccoc1=O. The topological polar surface area (TPSA) is 79.0 Å². The maximum atomic E-state index is 10.6. The molecule has 1 aromatic rings. The molecule has 1 heterocycles. The van der Waals surface area contributed by atoms with Crippen LogP contribution < -0.4 is 5.63 Å². The van der Waals surface area contributed by atoms with E-state index < -0.39 is 5.63 Å². The summed E-state index contributed by atoms with van der Waals surface area (Å²) in [5, 5.41) is 3.08. The summed E-state index contributed by atoms with van der Waals surface area (Å²) < 4.78 is 4.39. The Morgan fingerprint density at radius 2 is 2.50 bits per heavy atom. The molecule has 0 saturated carbocycles. The zero-order valence-electron chi connectivity index (χ0n) is 4.89. The second kappa shape index (κ2) is 2.70. The monoisotopic (exact) mass is 137 g/mol. The van der Waals surface area contributed by atoms with Gasteiger partial charge in [-0.2, -0.15) is 0 Å². The smallest absolute Gasteiger partial charge is 0.345 e. The van der Waals surface area contributed by atoms with Gasteiger partial charge in [0, 0.05) is 4.91 Å². The summed E-state index contributed by atoms with van der Waals surface area (Å²) in [5.41, 5.74) is 7.27. The van der Waals surface area contributed by atoms with E-state index in [9.17, 15) is 4.79 Å². The highest BCUT2D eigenvalue weighted by Crippen LogP contribution is 2.01. The standard InChI is InChI=1S/C5H3N3O2/c6-8-7-4-2-1-3-10-5(4)9/h1-3H. The number of azide groups is 1. The quantitative estimate of drug-likeness (QED) is 0.334. The van der Waals surface area contributed by atoms with Crippen molar-refractivity contribution in [2.75, 3.05) is 0 Å². The molecule has 0 atom stereocenters. The molecule has 5 nitrogen and oxygen atoms in total. The lowest BCUT2D eigenvalue weighted by atomic mass is 10.5. The first kappa shape index (κ1) is 6.38. The van der Waals surface area contributed by atoms with Crippen LogP contribution in [0.25, 0.3) is 10.4 Å². The van der Waals surface area contributed by atoms with Crippen molar-refractivity contribution in [1.82, 2.24) is 0 Å². The third-order valence-electron chi connectivity index (χ3n) is 0.869. The van der Waals surface area contributed by atoms with Crippen LogP contribution in [0.5, 0.6) is 0 Å². The molecule has 0 spiro atoms. The highest BCUT2D eigenvalue weighted by molar-refractivity contribution is 5.30. The van der Waals surface area contributed by atoms with Gasteiger partial charge < -0.3 is 4.42 Å². The second-order valence-corrected chi connectivity index (χ2v) is 1.48. The van der Waals surface area contributed by atoms with Gasteiger partial charge in [0.05, 0.1) is 6.26 Å². The van der Waals surface area contributed by atoms with E-state index in [1.54, 1.807) is 0 Å². The molecule has 0 unspecified atom stereocenters. The molecule has 0 saturated heterocycles. The Kier molecular flexibility index (Phi) is 1.72. The van der Waals surface area contributed by atoms with E-state index in [1.807, 2.05) is 0 Å². The molecule has 5 heteroatoms. The molecule has 1 aromatic heterocycles. The zero-order valence-corrected chi connectivity index (χ0v) is 4.89. The van der Waals surface area contributed by atoms with Crippen LogP contribution in [0.1, 0.15) is 0 Å². The molecule has 0 aliphatic rings. The number of nitrogens with zero attached hydrogens (tertiary/aromatic N) is 3. The fraction of sp³-hybridized carbons (Fsp3) is 0. The van der Waals surface area contributed by atoms with E-state index >= 15 is 0 Å². The van der Waals surface area contributed by atoms with E-state index in [1.165, 1.54) is 18.4 Å². The number of rotatable bonds is 1. The van der Waals surface area contributed by atoms with Crippen molar-refractivity contribution in [3.8, 4) is 0 Å². The summed E-state index contributed by atoms with van der Waals surface area (Å²) in [7, 11) is 0. The zero-order chi connectivity index (χ0) is 7.40. The first-order chi connectivity index (χ1) is 4.84. The van der Waals surface area contributed by atoms with Gasteiger partial charge in [0.25, 0.3) is 0 Å². The van der Waals surface area contributed by atoms with Crippen molar-refractivity contribution >= 4 is 5.69 Å². The molecule has 0 aliphatic heterocycles. The largest absolute Gasteiger partial charge is 0.431 e. The predicted molar refractivity (Wildman–Crippen MR) is 33.8 cm³/mol. The summed E-state index contributed by atoms with van der Waals surface area (Å²) in [6.45, 7) is 0. The average Bonchev–Trinajstić information content (AvgIpc) is 1.94. The average molecular weight is 137 g/mol. The van der Waals surface area contributed by atoms with Gasteiger partial charge in [-0.25, -0.2) is 4.79 Å². The van der Waals surface area contributed by atoms with Gasteiger partial charge in [0.15, 0.2) is 0 Å². The Morgan fingerprint density at radius 3 is 3.10 bits per heavy atom. The molecule has 0 amide bonds. The second-order valence-electron chi connectivity index (χ2n) is 1.48. The van der Waals surface area contributed by atoms with Gasteiger partial charge in [-0.05, 0) is 17.7 Å². The molecule has 10 heavy (non-hydrogen) atoms. The van der Waals surface area contributed by atoms with Crippen LogP contribution in [-0.4, -0.2) is 0 Å². The summed E-state index contributed by atoms with van der Waals surface area (Å²) >= 11 is 0. The molecule has 0 aromatic carbocycles. The van der Waals surface area contributed by atoms with Gasteiger partial charge in [0.1, 0.15) is 5.69 Å². The fourth-order valence-electron chi connectivity index (χ4n) is 0.482. The molecule has 0 fully saturated rings. The minimum absolute atomic E-state index is 0.0231. The van der Waals surface area contributed by atoms with E-state index in [0.717, 1.165) is 0 Å². The summed E-state index contributed by atoms with van der Waals surface area (Å²) in [6, 6.07) is 2.86. The van der Waals surface area contributed by atoms with Gasteiger partial charge in [-0.3, -0.25) is 0 Å². The maximum absolute atomic E-state index is 10.6. The Balaban J connectivity index is 3.28. The Morgan fingerprint density at radius 1 is 1.70 bits per heavy atom. The van der Waals surface area contributed by atoms with Gasteiger partial charge in [-0.1, -0.05) is 5.11 Å². The number of hydrogen-bond donors (Lipinski definition) is 0. The lowest BCUT2D eigenvalue weighted by Gasteiger charge is -1.83. The van der Waals surface area contributed by atoms with Crippen molar-refractivity contribution < 1.29 is 4.42 Å². The van der Waals surface area contributed by atoms with E-state index in [0.29, 0.717) is 0 Å². The minimum Gasteiger partial charge on any atom is -0.431 e. The molecular weight excluding hydrogens is 134 g/mol. The number of hydrogen-bond acceptors (Lipinski definition) is 3. The lowest BCUT2D eigenvalue weighted by Crippen LogP contribution is -1.94. The predicted octanol–water partition coefficient (Wildman–Crippen LogP) is 1.58. The Hall–Kier alpha value is -1.74. The van der Waals surface area contributed by atoms with Crippen molar-refractivity contribution in [2.45, 2.75) is 0 Å². The maximum Gasteiger partial charge on any atom is 0.345 e. The highest BCUT2D eigenvalue weighted by atomic mass is 16.4. The van der Waals surface area contributed by atoms with Crippen LogP contribution in [0.2, 0.25) is 0 Å². The van der Waals surface area contributed by atoms with Crippen LogP contribution in [0.4, 0.5) is 5.69 Å². The van der Waals surface area contributed by atoms with Crippen LogP contribution in [0.15, 0.2) is 32.7 Å². The summed E-state index contributed by atoms with van der Waals surface area (Å²) in [6.07, 6.45) is 1.22. The Bertz CT molecular complexity index is 324. The van der Waals surface area contributed by atoms with Crippen molar-refractivity contribution in [3.63, 3.8) is 0 Å². The van der Waals surface area contributed by atoms with Crippen molar-refractivity contribution in [1.29, 1.82) is 0 Å². The molecule has 0 aliphatic carbocycles. The minimum atomic E-state index is -0.625. The van der Waals surface area contributed by atoms with Crippen molar-refractivity contribution in [2.24, 2.45) is 5.11 Å². The van der Waals surface area contributed by atoms with Crippen LogP contribution in [0, 0.1) is 0 Å². The molecule has 0 radical (unpaired) electrons. The molecule has 0 N–H and O–H groups in total. The molecule has 50 valence electrons. The van der Waals surface area contributed by atoms with Gasteiger partial charge in [-0.15, -0.1) is 0 Å². The first-order valence-corrected chi connectivity index (χ1v) is 2.47. The van der Waals surface area contributed by atoms with Crippen LogP contribution >= 0.6 is 0 Å².